The Morgan fingerprint density at radius 3 is 2.10 bits per heavy atom. The van der Waals surface area contributed by atoms with Gasteiger partial charge in [-0.3, -0.25) is 0 Å². The Hall–Kier alpha value is -1.08. The van der Waals surface area contributed by atoms with E-state index in [1.165, 1.54) is 0 Å². The molecule has 0 aliphatic carbocycles. The highest BCUT2D eigenvalue weighted by atomic mass is 127. The van der Waals surface area contributed by atoms with Crippen LogP contribution in [0.25, 0.3) is 0 Å². The van der Waals surface area contributed by atoms with Crippen molar-refractivity contribution in [3.63, 3.8) is 0 Å². The topological polar surface area (TPSA) is 12.0 Å². The fourth-order valence-corrected chi connectivity index (χ4v) is 2.38. The van der Waals surface area contributed by atoms with Crippen LogP contribution in [0.1, 0.15) is 17.2 Å². The van der Waals surface area contributed by atoms with Crippen LogP contribution in [-0.4, -0.2) is 7.05 Å². The van der Waals surface area contributed by atoms with Gasteiger partial charge in [-0.15, -0.1) is 0 Å². The first-order chi connectivity index (χ1) is 9.51. The highest BCUT2D eigenvalue weighted by molar-refractivity contribution is 14.1. The summed E-state index contributed by atoms with van der Waals surface area (Å²) in [5, 5.41) is 3.00. The molecule has 5 heteroatoms. The van der Waals surface area contributed by atoms with Crippen LogP contribution in [0.2, 0.25) is 0 Å². The molecule has 0 saturated carbocycles. The van der Waals surface area contributed by atoms with Crippen LogP contribution in [0, 0.1) is 21.0 Å². The second-order valence-electron chi connectivity index (χ2n) is 4.47. The highest BCUT2D eigenvalue weighted by Crippen LogP contribution is 2.22. The van der Waals surface area contributed by atoms with Crippen molar-refractivity contribution in [2.45, 2.75) is 12.5 Å². The molecule has 1 N–H and O–H groups in total. The van der Waals surface area contributed by atoms with Crippen LogP contribution in [0.15, 0.2) is 36.4 Å². The normalized spacial score (nSPS) is 12.4. The van der Waals surface area contributed by atoms with Gasteiger partial charge >= 0.3 is 0 Å². The van der Waals surface area contributed by atoms with Gasteiger partial charge in [0.15, 0.2) is 17.5 Å². The van der Waals surface area contributed by atoms with Crippen molar-refractivity contribution in [2.75, 3.05) is 7.05 Å². The van der Waals surface area contributed by atoms with Gasteiger partial charge in [0.1, 0.15) is 0 Å². The summed E-state index contributed by atoms with van der Waals surface area (Å²) in [6.45, 7) is 0. The van der Waals surface area contributed by atoms with E-state index in [0.717, 1.165) is 21.3 Å². The molecule has 0 aliphatic rings. The summed E-state index contributed by atoms with van der Waals surface area (Å²) < 4.78 is 40.7. The van der Waals surface area contributed by atoms with Crippen LogP contribution in [0.3, 0.4) is 0 Å². The summed E-state index contributed by atoms with van der Waals surface area (Å²) in [6, 6.07) is 9.64. The number of likely N-dealkylation sites (N-methyl/N-ethyl adjacent to an activating group) is 1. The molecule has 0 spiro atoms. The molecule has 0 heterocycles. The van der Waals surface area contributed by atoms with Gasteiger partial charge in [0.2, 0.25) is 0 Å². The highest BCUT2D eigenvalue weighted by Gasteiger charge is 2.16. The maximum atomic E-state index is 13.3. The molecule has 2 aromatic rings. The van der Waals surface area contributed by atoms with Crippen LogP contribution in [0.5, 0.6) is 0 Å². The average Bonchev–Trinajstić information content (AvgIpc) is 2.43. The predicted octanol–water partition coefficient (Wildman–Crippen LogP) is 4.21. The van der Waals surface area contributed by atoms with Crippen molar-refractivity contribution in [1.29, 1.82) is 0 Å². The van der Waals surface area contributed by atoms with Gasteiger partial charge in [-0.25, -0.2) is 13.2 Å². The first-order valence-electron chi connectivity index (χ1n) is 6.07. The van der Waals surface area contributed by atoms with E-state index in [1.54, 1.807) is 7.05 Å². The molecular formula is C15H13F3IN. The molecule has 0 aromatic heterocycles. The van der Waals surface area contributed by atoms with Crippen molar-refractivity contribution >= 4 is 22.6 Å². The molecule has 0 radical (unpaired) electrons. The van der Waals surface area contributed by atoms with Crippen LogP contribution in [0.4, 0.5) is 13.2 Å². The first kappa shape index (κ1) is 15.3. The van der Waals surface area contributed by atoms with E-state index in [-0.39, 0.29) is 6.04 Å². The van der Waals surface area contributed by atoms with Crippen molar-refractivity contribution in [3.8, 4) is 0 Å². The molecule has 1 unspecified atom stereocenters. The molecule has 20 heavy (non-hydrogen) atoms. The van der Waals surface area contributed by atoms with E-state index in [1.807, 2.05) is 24.3 Å². The number of hydrogen-bond donors (Lipinski definition) is 1. The Labute approximate surface area is 129 Å². The van der Waals surface area contributed by atoms with Crippen LogP contribution in [-0.2, 0) is 6.42 Å². The van der Waals surface area contributed by atoms with E-state index in [4.69, 9.17) is 0 Å². The Balaban J connectivity index is 2.26. The number of nitrogens with one attached hydrogen (secondary N) is 1. The molecule has 0 amide bonds. The van der Waals surface area contributed by atoms with Crippen molar-refractivity contribution in [1.82, 2.24) is 5.32 Å². The number of benzene rings is 2. The monoisotopic (exact) mass is 391 g/mol. The molecule has 2 aromatic carbocycles. The van der Waals surface area contributed by atoms with Gasteiger partial charge in [0, 0.05) is 9.61 Å². The average molecular weight is 391 g/mol. The van der Waals surface area contributed by atoms with Crippen LogP contribution >= 0.6 is 22.6 Å². The number of hydrogen-bond acceptors (Lipinski definition) is 1. The van der Waals surface area contributed by atoms with Gasteiger partial charge in [-0.1, -0.05) is 12.1 Å². The summed E-state index contributed by atoms with van der Waals surface area (Å²) in [6.07, 6.45) is 0.567. The fraction of sp³-hybridized carbons (Fsp3) is 0.200. The van der Waals surface area contributed by atoms with Gasteiger partial charge in [0.05, 0.1) is 0 Å². The summed E-state index contributed by atoms with van der Waals surface area (Å²) in [5.74, 6) is -3.76. The molecule has 0 aliphatic heterocycles. The van der Waals surface area contributed by atoms with E-state index >= 15 is 0 Å². The molecule has 1 atom stereocenters. The van der Waals surface area contributed by atoms with E-state index < -0.39 is 17.5 Å². The maximum Gasteiger partial charge on any atom is 0.194 e. The number of halogens is 4. The number of rotatable bonds is 4. The van der Waals surface area contributed by atoms with Crippen molar-refractivity contribution < 1.29 is 13.2 Å². The Bertz CT molecular complexity index is 576. The SMILES string of the molecule is CNC(Cc1ccc(I)cc1)c1cc(F)c(F)c(F)c1. The van der Waals surface area contributed by atoms with Crippen molar-refractivity contribution in [2.24, 2.45) is 0 Å². The largest absolute Gasteiger partial charge is 0.313 e. The van der Waals surface area contributed by atoms with Crippen molar-refractivity contribution in [3.05, 3.63) is 68.5 Å². The third-order valence-corrected chi connectivity index (χ3v) is 3.83. The van der Waals surface area contributed by atoms with E-state index in [2.05, 4.69) is 27.9 Å². The minimum atomic E-state index is -1.43. The van der Waals surface area contributed by atoms with E-state index in [0.29, 0.717) is 12.0 Å². The fourth-order valence-electron chi connectivity index (χ4n) is 2.02. The standard InChI is InChI=1S/C15H13F3IN/c1-20-14(6-9-2-4-11(19)5-3-9)10-7-12(16)15(18)13(17)8-10/h2-5,7-8,14,20H,6H2,1H3. The Morgan fingerprint density at radius 1 is 1.05 bits per heavy atom. The molecule has 0 fully saturated rings. The Morgan fingerprint density at radius 2 is 1.60 bits per heavy atom. The molecule has 1 nitrogen and oxygen atoms in total. The lowest BCUT2D eigenvalue weighted by Crippen LogP contribution is -2.19. The van der Waals surface area contributed by atoms with Gasteiger partial charge < -0.3 is 5.32 Å². The summed E-state index contributed by atoms with van der Waals surface area (Å²) >= 11 is 2.21. The quantitative estimate of drug-likeness (QED) is 0.608. The smallest absolute Gasteiger partial charge is 0.194 e. The summed E-state index contributed by atoms with van der Waals surface area (Å²) in [7, 11) is 1.70. The lowest BCUT2D eigenvalue weighted by atomic mass is 9.98. The third kappa shape index (κ3) is 3.52. The second kappa shape index (κ2) is 6.58. The zero-order valence-electron chi connectivity index (χ0n) is 10.8. The summed E-state index contributed by atoms with van der Waals surface area (Å²) in [5.41, 5.74) is 1.43. The van der Waals surface area contributed by atoms with E-state index in [9.17, 15) is 13.2 Å². The third-order valence-electron chi connectivity index (χ3n) is 3.11. The molecule has 0 saturated heterocycles. The lowest BCUT2D eigenvalue weighted by Gasteiger charge is -2.17. The lowest BCUT2D eigenvalue weighted by molar-refractivity contribution is 0.441. The molecule has 0 bridgehead atoms. The first-order valence-corrected chi connectivity index (χ1v) is 7.15. The summed E-state index contributed by atoms with van der Waals surface area (Å²) in [4.78, 5) is 0. The van der Waals surface area contributed by atoms with Gasteiger partial charge in [-0.05, 0) is 71.5 Å². The zero-order valence-corrected chi connectivity index (χ0v) is 12.9. The molecule has 2 rings (SSSR count). The molecule has 106 valence electrons. The van der Waals surface area contributed by atoms with Gasteiger partial charge in [-0.2, -0.15) is 0 Å². The van der Waals surface area contributed by atoms with Crippen LogP contribution < -0.4 is 5.32 Å². The Kier molecular flexibility index (Phi) is 5.04. The minimum absolute atomic E-state index is 0.278. The zero-order chi connectivity index (χ0) is 14.7. The second-order valence-corrected chi connectivity index (χ2v) is 5.72. The molecular weight excluding hydrogens is 378 g/mol. The minimum Gasteiger partial charge on any atom is -0.313 e. The predicted molar refractivity (Wildman–Crippen MR) is 81.0 cm³/mol. The maximum absolute atomic E-state index is 13.3. The van der Waals surface area contributed by atoms with Gasteiger partial charge in [0.25, 0.3) is 0 Å².